The Morgan fingerprint density at radius 1 is 0.944 bits per heavy atom. The molecule has 12 heteroatoms. The zero-order valence-electron chi connectivity index (χ0n) is 10.5. The summed E-state index contributed by atoms with van der Waals surface area (Å²) < 4.78 is 18.4. The van der Waals surface area contributed by atoms with Crippen molar-refractivity contribution in [2.75, 3.05) is 28.2 Å². The molecule has 0 aliphatic carbocycles. The molecule has 0 aliphatic rings. The molecular weight excluding hydrogens is 286 g/mol. The fraction of sp³-hybridized carbons (Fsp3) is 0.667. The summed E-state index contributed by atoms with van der Waals surface area (Å²) in [5.74, 6) is 1.32. The number of hydrogen-bond acceptors (Lipinski definition) is 6. The average Bonchev–Trinajstić information content (AvgIpc) is 2.19. The van der Waals surface area contributed by atoms with E-state index in [1.165, 1.54) is 0 Å². The predicted molar refractivity (Wildman–Crippen MR) is 58.4 cm³/mol. The summed E-state index contributed by atoms with van der Waals surface area (Å²) in [4.78, 5) is 33.4. The zero-order chi connectivity index (χ0) is 15.8. The minimum Gasteiger partial charge on any atom is -0.800 e. The number of hydrogen-bond donors (Lipinski definition) is 4. The van der Waals surface area contributed by atoms with Crippen molar-refractivity contribution < 1.29 is 39.3 Å². The van der Waals surface area contributed by atoms with E-state index in [1.54, 1.807) is 0 Å². The van der Waals surface area contributed by atoms with Crippen LogP contribution in [0.4, 0.5) is 0 Å². The molecule has 108 valence electrons. The van der Waals surface area contributed by atoms with Gasteiger partial charge in [0, 0.05) is 7.60 Å². The van der Waals surface area contributed by atoms with Crippen molar-refractivity contribution in [3.63, 3.8) is 0 Å². The maximum absolute atomic E-state index is 9.33. The molecule has 0 saturated carbocycles. The van der Waals surface area contributed by atoms with Gasteiger partial charge in [-0.05, 0) is 0 Å². The van der Waals surface area contributed by atoms with E-state index in [1.807, 2.05) is 38.8 Å². The van der Waals surface area contributed by atoms with Gasteiger partial charge in [-0.15, -0.1) is 0 Å². The van der Waals surface area contributed by atoms with Gasteiger partial charge in [0.25, 0.3) is 0 Å². The van der Waals surface area contributed by atoms with Gasteiger partial charge in [-0.1, -0.05) is 0 Å². The molecular formula is C6H18N4O6P2. The Morgan fingerprint density at radius 3 is 1.06 bits per heavy atom. The van der Waals surface area contributed by atoms with Crippen molar-refractivity contribution in [3.05, 3.63) is 0 Å². The van der Waals surface area contributed by atoms with Gasteiger partial charge >= 0.3 is 7.60 Å². The molecule has 10 nitrogen and oxygen atoms in total. The third kappa shape index (κ3) is 113. The normalized spacial score (nSPS) is 8.78. The van der Waals surface area contributed by atoms with Crippen LogP contribution in [0.1, 0.15) is 0 Å². The Bertz CT molecular complexity index is 303. The van der Waals surface area contributed by atoms with E-state index in [9.17, 15) is 4.57 Å². The van der Waals surface area contributed by atoms with Crippen LogP contribution in [-0.4, -0.2) is 38.0 Å². The lowest BCUT2D eigenvalue weighted by atomic mass is 11.3. The first-order chi connectivity index (χ1) is 7.95. The highest BCUT2D eigenvalue weighted by Gasteiger charge is 2.06. The molecule has 0 fully saturated rings. The molecule has 0 unspecified atom stereocenters. The van der Waals surface area contributed by atoms with Crippen LogP contribution in [0.5, 0.6) is 0 Å². The number of nitrogens with zero attached hydrogens (tertiary/aromatic N) is 2. The first-order valence-electron chi connectivity index (χ1n) is 4.33. The molecule has 0 saturated heterocycles. The van der Waals surface area contributed by atoms with Crippen LogP contribution in [0, 0.1) is 22.1 Å². The highest BCUT2D eigenvalue weighted by atomic mass is 31.2. The third-order valence-corrected chi connectivity index (χ3v) is 0.758. The van der Waals surface area contributed by atoms with Gasteiger partial charge in [-0.2, -0.15) is 10.5 Å². The summed E-state index contributed by atoms with van der Waals surface area (Å²) in [5, 5.41) is 18.7. The molecule has 0 bridgehead atoms. The molecule has 18 heavy (non-hydrogen) atoms. The molecule has 6 N–H and O–H groups in total. The first-order valence-corrected chi connectivity index (χ1v) is 7.49. The summed E-state index contributed by atoms with van der Waals surface area (Å²) in [6, 6.07) is 0. The summed E-state index contributed by atoms with van der Waals surface area (Å²) in [7, 11) is -1.18. The molecule has 0 rings (SSSR count). The number of nitrogens with two attached hydrogens (primary N) is 2. The van der Waals surface area contributed by atoms with Crippen molar-refractivity contribution in [2.24, 2.45) is 0 Å². The second-order valence-corrected chi connectivity index (χ2v) is 4.88. The summed E-state index contributed by atoms with van der Waals surface area (Å²) in [6.45, 7) is 0. The molecule has 0 heterocycles. The van der Waals surface area contributed by atoms with E-state index in [0.717, 1.165) is 5.81 Å². The van der Waals surface area contributed by atoms with Crippen LogP contribution >= 0.6 is 15.2 Å². The Labute approximate surface area is 106 Å². The quantitative estimate of drug-likeness (QED) is 0.321. The molecule has 0 radical (unpaired) electrons. The van der Waals surface area contributed by atoms with Gasteiger partial charge in [0.1, 0.15) is 0 Å². The number of rotatable bonds is 0. The van der Waals surface area contributed by atoms with E-state index in [-0.39, 0.29) is 0 Å². The molecule has 0 atom stereocenters. The van der Waals surface area contributed by atoms with Crippen molar-refractivity contribution in [3.8, 4) is 11.6 Å². The summed E-state index contributed by atoms with van der Waals surface area (Å²) in [6.07, 6.45) is 0. The van der Waals surface area contributed by atoms with Crippen LogP contribution in [0.15, 0.2) is 0 Å². The van der Waals surface area contributed by atoms with Gasteiger partial charge in [0.05, 0.1) is 34.0 Å². The van der Waals surface area contributed by atoms with Gasteiger partial charge in [-0.3, -0.25) is 0 Å². The van der Waals surface area contributed by atoms with Gasteiger partial charge < -0.3 is 34.8 Å². The van der Waals surface area contributed by atoms with Crippen LogP contribution in [-0.2, 0) is 9.13 Å². The smallest absolute Gasteiger partial charge is 0.426 e. The topological polar surface area (TPSA) is 202 Å². The average molecular weight is 304 g/mol. The Morgan fingerprint density at radius 2 is 1.06 bits per heavy atom. The van der Waals surface area contributed by atoms with E-state index >= 15 is 0 Å². The summed E-state index contributed by atoms with van der Waals surface area (Å²) in [5.41, 5.74) is 0. The van der Waals surface area contributed by atoms with Gasteiger partial charge in [0.2, 0.25) is 0 Å². The lowest BCUT2D eigenvalue weighted by Gasteiger charge is -2.17. The number of nitriles is 2. The van der Waals surface area contributed by atoms with Crippen LogP contribution in [0.25, 0.3) is 0 Å². The Kier molecular flexibility index (Phi) is 23.3. The maximum atomic E-state index is 9.33. The van der Waals surface area contributed by atoms with E-state index in [0.29, 0.717) is 5.81 Å². The van der Waals surface area contributed by atoms with Gasteiger partial charge in [0.15, 0.2) is 5.81 Å². The molecule has 0 aromatic rings. The molecule has 0 aromatic heterocycles. The minimum atomic E-state index is -4.84. The standard InChI is InChI=1S/2C2H7N.2CH2NO3P/c2*1-3-2;2*2-1-6(3,4)5/h2*3H,1-2H3;2*(H2,3,4,5). The third-order valence-electron chi connectivity index (χ3n) is 0.253. The van der Waals surface area contributed by atoms with E-state index < -0.39 is 15.2 Å². The zero-order valence-corrected chi connectivity index (χ0v) is 12.3. The second-order valence-electron chi connectivity index (χ2n) is 2.40. The van der Waals surface area contributed by atoms with Crippen molar-refractivity contribution >= 4 is 15.2 Å². The summed E-state index contributed by atoms with van der Waals surface area (Å²) >= 11 is 0. The van der Waals surface area contributed by atoms with Crippen LogP contribution in [0.2, 0.25) is 0 Å². The molecule has 0 aromatic carbocycles. The van der Waals surface area contributed by atoms with E-state index in [4.69, 9.17) is 34.7 Å². The Balaban J connectivity index is -0.0000000770. The van der Waals surface area contributed by atoms with Crippen molar-refractivity contribution in [2.45, 2.75) is 0 Å². The fourth-order valence-corrected chi connectivity index (χ4v) is 0. The minimum absolute atomic E-state index is 0.549. The largest absolute Gasteiger partial charge is 0.800 e. The lowest BCUT2D eigenvalue weighted by Crippen LogP contribution is -2.74. The Hall–Kier alpha value is -0.800. The van der Waals surface area contributed by atoms with Crippen molar-refractivity contribution in [1.29, 1.82) is 10.5 Å². The second kappa shape index (κ2) is 16.2. The first kappa shape index (κ1) is 25.9. The van der Waals surface area contributed by atoms with E-state index in [2.05, 4.69) is 0 Å². The van der Waals surface area contributed by atoms with Crippen LogP contribution in [0.3, 0.4) is 0 Å². The highest BCUT2D eigenvalue weighted by molar-refractivity contribution is 7.57. The molecule has 0 spiro atoms. The predicted octanol–water partition coefficient (Wildman–Crippen LogP) is -4.35. The fourth-order valence-electron chi connectivity index (χ4n) is 0. The van der Waals surface area contributed by atoms with Crippen LogP contribution < -0.4 is 20.4 Å². The van der Waals surface area contributed by atoms with Crippen molar-refractivity contribution in [1.82, 2.24) is 0 Å². The van der Waals surface area contributed by atoms with Gasteiger partial charge in [-0.25, -0.2) is 4.57 Å². The molecule has 0 amide bonds. The highest BCUT2D eigenvalue weighted by Crippen LogP contribution is 2.30. The monoisotopic (exact) mass is 304 g/mol. The maximum Gasteiger partial charge on any atom is 0.426 e. The number of quaternary nitrogens is 2. The molecule has 0 aliphatic heterocycles. The SMILES string of the molecule is C[NH2+]C.C[NH2+]C.N#CP(=O)(O)O.N#CP(=O)([O-])[O-]. The lowest BCUT2D eigenvalue weighted by molar-refractivity contribution is -0.597.